The second kappa shape index (κ2) is 5.27. The number of H-pyrrole nitrogens is 1. The van der Waals surface area contributed by atoms with Gasteiger partial charge in [-0.1, -0.05) is 5.11 Å². The Bertz CT molecular complexity index is 629. The minimum atomic E-state index is -0.591. The molecule has 19 heavy (non-hydrogen) atoms. The highest BCUT2D eigenvalue weighted by atomic mass is 16.5. The predicted octanol–water partition coefficient (Wildman–Crippen LogP) is -0.230. The monoisotopic (exact) mass is 266 g/mol. The lowest BCUT2D eigenvalue weighted by Gasteiger charge is -2.15. The molecule has 0 spiro atoms. The largest absolute Gasteiger partial charge is 0.353 e. The first-order chi connectivity index (χ1) is 9.06. The van der Waals surface area contributed by atoms with Gasteiger partial charge in [-0.15, -0.1) is 0 Å². The molecule has 3 atom stereocenters. The number of nitrogens with two attached hydrogens (primary N) is 1. The number of aryl methyl sites for hydroxylation is 1. The molecule has 1 unspecified atom stereocenters. The van der Waals surface area contributed by atoms with Crippen molar-refractivity contribution in [2.45, 2.75) is 31.7 Å². The van der Waals surface area contributed by atoms with E-state index >= 15 is 0 Å². The molecule has 3 N–H and O–H groups in total. The van der Waals surface area contributed by atoms with Crippen LogP contribution in [0.2, 0.25) is 0 Å². The average Bonchev–Trinajstić information content (AvgIpc) is 2.77. The van der Waals surface area contributed by atoms with Gasteiger partial charge in [-0.05, 0) is 12.5 Å². The zero-order chi connectivity index (χ0) is 14.0. The first-order valence-corrected chi connectivity index (χ1v) is 5.78. The van der Waals surface area contributed by atoms with E-state index in [9.17, 15) is 9.59 Å². The van der Waals surface area contributed by atoms with E-state index in [4.69, 9.17) is 16.0 Å². The summed E-state index contributed by atoms with van der Waals surface area (Å²) in [5.74, 6) is 0. The topological polar surface area (TPSA) is 139 Å². The maximum Gasteiger partial charge on any atom is 0.330 e. The number of ether oxygens (including phenoxy) is 1. The highest BCUT2D eigenvalue weighted by Crippen LogP contribution is 2.29. The fourth-order valence-corrected chi connectivity index (χ4v) is 2.09. The van der Waals surface area contributed by atoms with Crippen LogP contribution >= 0.6 is 0 Å². The summed E-state index contributed by atoms with van der Waals surface area (Å²) >= 11 is 0. The van der Waals surface area contributed by atoms with Gasteiger partial charge >= 0.3 is 5.69 Å². The Labute approximate surface area is 107 Å². The summed E-state index contributed by atoms with van der Waals surface area (Å²) < 4.78 is 6.87. The van der Waals surface area contributed by atoms with E-state index < -0.39 is 29.6 Å². The van der Waals surface area contributed by atoms with Crippen molar-refractivity contribution in [3.05, 3.63) is 43.0 Å². The molecule has 1 saturated heterocycles. The van der Waals surface area contributed by atoms with Crippen molar-refractivity contribution in [3.63, 3.8) is 0 Å². The number of azide groups is 1. The van der Waals surface area contributed by atoms with Crippen molar-refractivity contribution in [1.29, 1.82) is 0 Å². The molecule has 1 aliphatic heterocycles. The van der Waals surface area contributed by atoms with Gasteiger partial charge in [0.15, 0.2) is 0 Å². The van der Waals surface area contributed by atoms with Crippen molar-refractivity contribution in [2.75, 3.05) is 6.54 Å². The minimum Gasteiger partial charge on any atom is -0.353 e. The molecule has 1 aliphatic rings. The van der Waals surface area contributed by atoms with Crippen LogP contribution in [-0.2, 0) is 4.74 Å². The molecule has 0 aromatic carbocycles. The van der Waals surface area contributed by atoms with Crippen molar-refractivity contribution in [3.8, 4) is 0 Å². The van der Waals surface area contributed by atoms with Crippen molar-refractivity contribution < 1.29 is 4.74 Å². The van der Waals surface area contributed by atoms with Crippen molar-refractivity contribution in [1.82, 2.24) is 9.55 Å². The molecule has 0 saturated carbocycles. The van der Waals surface area contributed by atoms with Crippen LogP contribution in [0.5, 0.6) is 0 Å². The van der Waals surface area contributed by atoms with E-state index in [0.717, 1.165) is 0 Å². The summed E-state index contributed by atoms with van der Waals surface area (Å²) in [5.41, 5.74) is 13.4. The van der Waals surface area contributed by atoms with Gasteiger partial charge < -0.3 is 10.5 Å². The zero-order valence-corrected chi connectivity index (χ0v) is 10.3. The van der Waals surface area contributed by atoms with Crippen LogP contribution < -0.4 is 17.0 Å². The zero-order valence-electron chi connectivity index (χ0n) is 10.3. The molecule has 0 amide bonds. The summed E-state index contributed by atoms with van der Waals surface area (Å²) in [6.07, 6.45) is 0.752. The number of aromatic nitrogens is 2. The molecule has 1 fully saturated rings. The fraction of sp³-hybridized carbons (Fsp3) is 0.600. The van der Waals surface area contributed by atoms with E-state index in [0.29, 0.717) is 12.0 Å². The molecule has 0 bridgehead atoms. The summed E-state index contributed by atoms with van der Waals surface area (Å²) in [5, 5.41) is 3.61. The normalized spacial score (nSPS) is 26.1. The lowest BCUT2D eigenvalue weighted by atomic mass is 10.1. The smallest absolute Gasteiger partial charge is 0.330 e. The minimum absolute atomic E-state index is 0.192. The van der Waals surface area contributed by atoms with Crippen LogP contribution in [0, 0.1) is 6.92 Å². The third-order valence-corrected chi connectivity index (χ3v) is 3.09. The van der Waals surface area contributed by atoms with Crippen LogP contribution in [0.25, 0.3) is 10.4 Å². The Morgan fingerprint density at radius 2 is 2.42 bits per heavy atom. The lowest BCUT2D eigenvalue weighted by molar-refractivity contribution is 0.00158. The van der Waals surface area contributed by atoms with Gasteiger partial charge in [-0.3, -0.25) is 14.3 Å². The first-order valence-electron chi connectivity index (χ1n) is 5.78. The quantitative estimate of drug-likeness (QED) is 0.443. The number of rotatable bonds is 3. The van der Waals surface area contributed by atoms with E-state index in [-0.39, 0.29) is 6.54 Å². The van der Waals surface area contributed by atoms with Gasteiger partial charge in [0.1, 0.15) is 6.23 Å². The summed E-state index contributed by atoms with van der Waals surface area (Å²) in [6.45, 7) is 1.78. The maximum absolute atomic E-state index is 11.7. The van der Waals surface area contributed by atoms with Crippen LogP contribution in [-0.4, -0.2) is 28.2 Å². The fourth-order valence-electron chi connectivity index (χ4n) is 2.09. The van der Waals surface area contributed by atoms with Gasteiger partial charge in [0.25, 0.3) is 5.56 Å². The Morgan fingerprint density at radius 1 is 1.68 bits per heavy atom. The first kappa shape index (κ1) is 13.3. The van der Waals surface area contributed by atoms with E-state index in [1.54, 1.807) is 6.92 Å². The molecular weight excluding hydrogens is 252 g/mol. The van der Waals surface area contributed by atoms with Gasteiger partial charge in [-0.25, -0.2) is 4.79 Å². The Kier molecular flexibility index (Phi) is 3.70. The maximum atomic E-state index is 11.7. The third-order valence-electron chi connectivity index (χ3n) is 3.09. The highest BCUT2D eigenvalue weighted by Gasteiger charge is 2.35. The summed E-state index contributed by atoms with van der Waals surface area (Å²) in [6, 6.07) is -0.417. The van der Waals surface area contributed by atoms with E-state index in [2.05, 4.69) is 15.0 Å². The van der Waals surface area contributed by atoms with Crippen LogP contribution in [0.4, 0.5) is 0 Å². The molecule has 1 aromatic rings. The molecule has 9 nitrogen and oxygen atoms in total. The molecular formula is C10H14N6O3. The van der Waals surface area contributed by atoms with Crippen LogP contribution in [0.1, 0.15) is 18.2 Å². The number of hydrogen-bond acceptors (Lipinski definition) is 5. The molecule has 9 heteroatoms. The van der Waals surface area contributed by atoms with Gasteiger partial charge in [-0.2, -0.15) is 0 Å². The number of hydrogen-bond donors (Lipinski definition) is 2. The molecule has 0 aliphatic carbocycles. The molecule has 2 heterocycles. The summed E-state index contributed by atoms with van der Waals surface area (Å²) in [7, 11) is 0. The summed E-state index contributed by atoms with van der Waals surface area (Å²) in [4.78, 5) is 28.0. The molecule has 0 radical (unpaired) electrons. The number of aromatic amines is 1. The molecule has 2 rings (SSSR count). The van der Waals surface area contributed by atoms with Crippen molar-refractivity contribution in [2.24, 2.45) is 10.8 Å². The predicted molar refractivity (Wildman–Crippen MR) is 66.6 cm³/mol. The van der Waals surface area contributed by atoms with Crippen LogP contribution in [0.15, 0.2) is 20.9 Å². The highest BCUT2D eigenvalue weighted by molar-refractivity contribution is 5.02. The molecule has 102 valence electrons. The van der Waals surface area contributed by atoms with Crippen LogP contribution in [0.3, 0.4) is 0 Å². The van der Waals surface area contributed by atoms with Gasteiger partial charge in [0.05, 0.1) is 12.1 Å². The standard InChI is InChI=1S/C10H14N6O3/c1-5-4-16(10(18)13-9(5)17)8-2-6(14-15-12)7(3-11)19-8/h4,6-8H,2-3,11H2,1H3,(H,13,17,18)/t6?,7-,8-/m1/s1. The lowest BCUT2D eigenvalue weighted by Crippen LogP contribution is -2.33. The van der Waals surface area contributed by atoms with Gasteiger partial charge in [0.2, 0.25) is 0 Å². The second-order valence-corrected chi connectivity index (χ2v) is 4.35. The number of nitrogens with zero attached hydrogens (tertiary/aromatic N) is 4. The Balaban J connectivity index is 2.34. The SMILES string of the molecule is Cc1cn([C@H]2CC(N=[N+]=[N-])[C@@H](CN)O2)c(=O)[nH]c1=O. The second-order valence-electron chi connectivity index (χ2n) is 4.35. The van der Waals surface area contributed by atoms with Crippen molar-refractivity contribution >= 4 is 0 Å². The Hall–Kier alpha value is -2.09. The van der Waals surface area contributed by atoms with E-state index in [1.165, 1.54) is 10.8 Å². The van der Waals surface area contributed by atoms with E-state index in [1.807, 2.05) is 0 Å². The van der Waals surface area contributed by atoms with Gasteiger partial charge in [0, 0.05) is 29.6 Å². The molecule has 1 aromatic heterocycles. The third kappa shape index (κ3) is 2.53. The Morgan fingerprint density at radius 3 is 3.05 bits per heavy atom. The number of nitrogens with one attached hydrogen (secondary N) is 1. The average molecular weight is 266 g/mol.